The van der Waals surface area contributed by atoms with Gasteiger partial charge in [0.15, 0.2) is 0 Å². The zero-order valence-corrected chi connectivity index (χ0v) is 12.2. The van der Waals surface area contributed by atoms with Gasteiger partial charge in [0.25, 0.3) is 5.69 Å². The maximum absolute atomic E-state index is 12.0. The van der Waals surface area contributed by atoms with Crippen molar-refractivity contribution >= 4 is 11.7 Å². The Hall–Kier alpha value is -1.95. The molecule has 21 heavy (non-hydrogen) atoms. The third kappa shape index (κ3) is 3.78. The van der Waals surface area contributed by atoms with Gasteiger partial charge in [-0.15, -0.1) is 0 Å². The van der Waals surface area contributed by atoms with Crippen LogP contribution >= 0.6 is 0 Å². The predicted molar refractivity (Wildman–Crippen MR) is 77.8 cm³/mol. The monoisotopic (exact) mass is 292 g/mol. The van der Waals surface area contributed by atoms with Gasteiger partial charge in [0.1, 0.15) is 6.04 Å². The summed E-state index contributed by atoms with van der Waals surface area (Å²) >= 11 is 0. The number of hydrogen-bond acceptors (Lipinski definition) is 5. The Balaban J connectivity index is 2.16. The van der Waals surface area contributed by atoms with Crippen molar-refractivity contribution in [1.82, 2.24) is 4.90 Å². The van der Waals surface area contributed by atoms with Crippen molar-refractivity contribution < 1.29 is 14.5 Å². The molecule has 1 atom stereocenters. The van der Waals surface area contributed by atoms with E-state index in [0.717, 1.165) is 25.8 Å². The van der Waals surface area contributed by atoms with Gasteiger partial charge in [0.05, 0.1) is 11.5 Å². The second-order valence-electron chi connectivity index (χ2n) is 5.12. The molecule has 0 bridgehead atoms. The van der Waals surface area contributed by atoms with Gasteiger partial charge in [-0.2, -0.15) is 0 Å². The van der Waals surface area contributed by atoms with Crippen molar-refractivity contribution in [2.75, 3.05) is 13.2 Å². The molecule has 6 nitrogen and oxygen atoms in total. The van der Waals surface area contributed by atoms with Crippen LogP contribution in [-0.4, -0.2) is 35.0 Å². The first kappa shape index (κ1) is 15.4. The molecule has 0 aliphatic carbocycles. The number of nitro groups is 1. The van der Waals surface area contributed by atoms with E-state index in [1.807, 2.05) is 4.90 Å². The number of carbonyl (C=O) groups excluding carboxylic acids is 1. The molecule has 0 amide bonds. The minimum Gasteiger partial charge on any atom is -0.465 e. The summed E-state index contributed by atoms with van der Waals surface area (Å²) < 4.78 is 5.11. The number of piperidine rings is 1. The number of esters is 1. The van der Waals surface area contributed by atoms with E-state index in [9.17, 15) is 14.9 Å². The lowest BCUT2D eigenvalue weighted by atomic mass is 10.0. The molecule has 0 aromatic heterocycles. The molecular formula is C15H20N2O4. The fourth-order valence-electron chi connectivity index (χ4n) is 2.73. The number of ether oxygens (including phenoxy) is 1. The Kier molecular flexibility index (Phi) is 5.27. The van der Waals surface area contributed by atoms with Crippen molar-refractivity contribution in [3.63, 3.8) is 0 Å². The molecule has 0 N–H and O–H groups in total. The van der Waals surface area contributed by atoms with Gasteiger partial charge in [0, 0.05) is 18.2 Å². The highest BCUT2D eigenvalue weighted by Gasteiger charge is 2.31. The number of rotatable bonds is 5. The normalized spacial score (nSPS) is 19.2. The van der Waals surface area contributed by atoms with Gasteiger partial charge in [-0.05, 0) is 26.3 Å². The molecule has 114 valence electrons. The lowest BCUT2D eigenvalue weighted by Gasteiger charge is -2.33. The minimum absolute atomic E-state index is 0.102. The van der Waals surface area contributed by atoms with Crippen molar-refractivity contribution in [3.05, 3.63) is 39.9 Å². The maximum atomic E-state index is 12.0. The average molecular weight is 292 g/mol. The van der Waals surface area contributed by atoms with E-state index in [4.69, 9.17) is 4.74 Å². The molecule has 0 spiro atoms. The van der Waals surface area contributed by atoms with Crippen molar-refractivity contribution in [1.29, 1.82) is 0 Å². The fourth-order valence-corrected chi connectivity index (χ4v) is 2.73. The molecule has 2 rings (SSSR count). The number of benzene rings is 1. The van der Waals surface area contributed by atoms with Crippen LogP contribution in [0.3, 0.4) is 0 Å². The second kappa shape index (κ2) is 7.17. The molecule has 0 saturated carbocycles. The summed E-state index contributed by atoms with van der Waals surface area (Å²) in [5.74, 6) is -0.226. The summed E-state index contributed by atoms with van der Waals surface area (Å²) in [6, 6.07) is 6.39. The van der Waals surface area contributed by atoms with Crippen LogP contribution in [0.15, 0.2) is 24.3 Å². The van der Waals surface area contributed by atoms with Crippen LogP contribution in [0.1, 0.15) is 31.7 Å². The fraction of sp³-hybridized carbons (Fsp3) is 0.533. The third-order valence-corrected chi connectivity index (χ3v) is 3.73. The molecule has 1 aliphatic rings. The molecule has 1 aliphatic heterocycles. The van der Waals surface area contributed by atoms with Gasteiger partial charge in [0.2, 0.25) is 0 Å². The summed E-state index contributed by atoms with van der Waals surface area (Å²) in [5, 5.41) is 11.1. The molecule has 1 saturated heterocycles. The lowest BCUT2D eigenvalue weighted by molar-refractivity contribution is -0.385. The molecule has 1 unspecified atom stereocenters. The largest absolute Gasteiger partial charge is 0.465 e. The van der Waals surface area contributed by atoms with E-state index in [0.29, 0.717) is 18.7 Å². The quantitative estimate of drug-likeness (QED) is 0.473. The highest BCUT2D eigenvalue weighted by atomic mass is 16.6. The number of likely N-dealkylation sites (tertiary alicyclic amines) is 1. The number of nitro benzene ring substituents is 1. The van der Waals surface area contributed by atoms with Gasteiger partial charge >= 0.3 is 5.97 Å². The smallest absolute Gasteiger partial charge is 0.323 e. The summed E-state index contributed by atoms with van der Waals surface area (Å²) in [5.41, 5.74) is 0.740. The first-order chi connectivity index (χ1) is 10.1. The van der Waals surface area contributed by atoms with Crippen LogP contribution < -0.4 is 0 Å². The van der Waals surface area contributed by atoms with E-state index in [1.54, 1.807) is 25.1 Å². The first-order valence-corrected chi connectivity index (χ1v) is 7.26. The average Bonchev–Trinajstić information content (AvgIpc) is 2.48. The molecule has 1 fully saturated rings. The van der Waals surface area contributed by atoms with Crippen molar-refractivity contribution in [2.45, 2.75) is 38.8 Å². The van der Waals surface area contributed by atoms with E-state index in [1.165, 1.54) is 6.07 Å². The highest BCUT2D eigenvalue weighted by molar-refractivity contribution is 5.75. The molecule has 1 heterocycles. The molecule has 0 radical (unpaired) electrons. The highest BCUT2D eigenvalue weighted by Crippen LogP contribution is 2.25. The molecular weight excluding hydrogens is 272 g/mol. The van der Waals surface area contributed by atoms with Crippen LogP contribution in [0.2, 0.25) is 0 Å². The number of nitrogens with zero attached hydrogens (tertiary/aromatic N) is 2. The summed E-state index contributed by atoms with van der Waals surface area (Å²) in [6.07, 6.45) is 2.73. The van der Waals surface area contributed by atoms with Crippen LogP contribution in [0.4, 0.5) is 5.69 Å². The van der Waals surface area contributed by atoms with Gasteiger partial charge < -0.3 is 4.74 Å². The Bertz CT molecular complexity index is 518. The molecule has 6 heteroatoms. The summed E-state index contributed by atoms with van der Waals surface area (Å²) in [4.78, 5) is 24.7. The summed E-state index contributed by atoms with van der Waals surface area (Å²) in [6.45, 7) is 3.30. The van der Waals surface area contributed by atoms with E-state index in [2.05, 4.69) is 0 Å². The number of carbonyl (C=O) groups is 1. The van der Waals surface area contributed by atoms with Crippen LogP contribution in [0, 0.1) is 10.1 Å². The maximum Gasteiger partial charge on any atom is 0.323 e. The zero-order valence-electron chi connectivity index (χ0n) is 12.2. The molecule has 1 aromatic carbocycles. The lowest BCUT2D eigenvalue weighted by Crippen LogP contribution is -2.45. The number of para-hydroxylation sites is 1. The Morgan fingerprint density at radius 2 is 2.19 bits per heavy atom. The number of hydrogen-bond donors (Lipinski definition) is 0. The van der Waals surface area contributed by atoms with Crippen molar-refractivity contribution in [3.8, 4) is 0 Å². The first-order valence-electron chi connectivity index (χ1n) is 7.26. The Labute approximate surface area is 123 Å². The van der Waals surface area contributed by atoms with E-state index >= 15 is 0 Å². The van der Waals surface area contributed by atoms with Crippen LogP contribution in [0.5, 0.6) is 0 Å². The Morgan fingerprint density at radius 1 is 1.43 bits per heavy atom. The van der Waals surface area contributed by atoms with Crippen LogP contribution in [-0.2, 0) is 16.1 Å². The Morgan fingerprint density at radius 3 is 2.90 bits per heavy atom. The summed E-state index contributed by atoms with van der Waals surface area (Å²) in [7, 11) is 0. The van der Waals surface area contributed by atoms with Crippen LogP contribution in [0.25, 0.3) is 0 Å². The van der Waals surface area contributed by atoms with Gasteiger partial charge in [-0.1, -0.05) is 24.6 Å². The second-order valence-corrected chi connectivity index (χ2v) is 5.12. The van der Waals surface area contributed by atoms with E-state index in [-0.39, 0.29) is 22.6 Å². The SMILES string of the molecule is CCOC(=O)C1CCCCN1Cc1ccccc1[N+](=O)[O-]. The topological polar surface area (TPSA) is 72.7 Å². The van der Waals surface area contributed by atoms with E-state index < -0.39 is 0 Å². The predicted octanol–water partition coefficient (Wildman–Crippen LogP) is 2.51. The van der Waals surface area contributed by atoms with Gasteiger partial charge in [-0.25, -0.2) is 0 Å². The molecule has 1 aromatic rings. The standard InChI is InChI=1S/C15H20N2O4/c1-2-21-15(18)14-9-5-6-10-16(14)11-12-7-3-4-8-13(12)17(19)20/h3-4,7-8,14H,2,5-6,9-11H2,1H3. The minimum atomic E-state index is -0.376. The zero-order chi connectivity index (χ0) is 15.2. The van der Waals surface area contributed by atoms with Crippen molar-refractivity contribution in [2.24, 2.45) is 0 Å². The van der Waals surface area contributed by atoms with Gasteiger partial charge in [-0.3, -0.25) is 19.8 Å². The third-order valence-electron chi connectivity index (χ3n) is 3.73.